The molecule has 0 heterocycles. The van der Waals surface area contributed by atoms with Gasteiger partial charge in [0.25, 0.3) is 0 Å². The van der Waals surface area contributed by atoms with Gasteiger partial charge in [-0.15, -0.1) is 0 Å². The highest BCUT2D eigenvalue weighted by molar-refractivity contribution is 6.30. The molecule has 1 rings (SSSR count). The maximum Gasteiger partial charge on any atom is 0.129 e. The van der Waals surface area contributed by atoms with Crippen LogP contribution in [-0.2, 0) is 11.2 Å². The zero-order chi connectivity index (χ0) is 11.8. The maximum absolute atomic E-state index is 10.7. The molecule has 0 saturated carbocycles. The number of benzene rings is 1. The van der Waals surface area contributed by atoms with Crippen LogP contribution < -0.4 is 5.32 Å². The zero-order valence-electron chi connectivity index (χ0n) is 9.63. The molecule has 1 N–H and O–H groups in total. The summed E-state index contributed by atoms with van der Waals surface area (Å²) in [5.41, 5.74) is 1.28. The van der Waals surface area contributed by atoms with E-state index in [-0.39, 0.29) is 5.78 Å². The Morgan fingerprint density at radius 1 is 1.25 bits per heavy atom. The fourth-order valence-electron chi connectivity index (χ4n) is 1.47. The minimum atomic E-state index is 0.263. The number of hydrogen-bond acceptors (Lipinski definition) is 2. The van der Waals surface area contributed by atoms with Crippen LogP contribution in [0.3, 0.4) is 0 Å². The number of nitrogens with one attached hydrogen (secondary N) is 1. The molecule has 0 bridgehead atoms. The second-order valence-electron chi connectivity index (χ2n) is 3.93. The average Bonchev–Trinajstić information content (AvgIpc) is 2.25. The molecule has 88 valence electrons. The highest BCUT2D eigenvalue weighted by Crippen LogP contribution is 2.09. The summed E-state index contributed by atoms with van der Waals surface area (Å²) in [5, 5.41) is 4.09. The molecule has 0 aromatic heterocycles. The van der Waals surface area contributed by atoms with Gasteiger partial charge in [-0.2, -0.15) is 0 Å². The Labute approximate surface area is 102 Å². The van der Waals surface area contributed by atoms with Crippen molar-refractivity contribution in [2.75, 3.05) is 13.1 Å². The van der Waals surface area contributed by atoms with Gasteiger partial charge in [0.1, 0.15) is 5.78 Å². The molecule has 2 nitrogen and oxygen atoms in total. The molecular weight excluding hydrogens is 222 g/mol. The molecule has 1 aromatic carbocycles. The van der Waals surface area contributed by atoms with E-state index in [4.69, 9.17) is 11.6 Å². The van der Waals surface area contributed by atoms with E-state index >= 15 is 0 Å². The van der Waals surface area contributed by atoms with Gasteiger partial charge in [0.05, 0.1) is 0 Å². The van der Waals surface area contributed by atoms with Crippen molar-refractivity contribution in [2.45, 2.75) is 26.2 Å². The van der Waals surface area contributed by atoms with E-state index in [1.165, 1.54) is 5.56 Å². The van der Waals surface area contributed by atoms with Gasteiger partial charge in [0, 0.05) is 11.4 Å². The largest absolute Gasteiger partial charge is 0.316 e. The van der Waals surface area contributed by atoms with Crippen molar-refractivity contribution in [3.05, 3.63) is 34.9 Å². The topological polar surface area (TPSA) is 29.1 Å². The molecule has 0 radical (unpaired) electrons. The van der Waals surface area contributed by atoms with Crippen LogP contribution in [0.25, 0.3) is 0 Å². The summed E-state index contributed by atoms with van der Waals surface area (Å²) in [7, 11) is 0. The van der Waals surface area contributed by atoms with E-state index in [1.54, 1.807) is 6.92 Å². The maximum atomic E-state index is 10.7. The lowest BCUT2D eigenvalue weighted by atomic mass is 10.1. The van der Waals surface area contributed by atoms with Crippen molar-refractivity contribution < 1.29 is 4.79 Å². The summed E-state index contributed by atoms with van der Waals surface area (Å²) in [4.78, 5) is 10.7. The molecule has 0 aliphatic heterocycles. The molecule has 0 fully saturated rings. The molecule has 16 heavy (non-hydrogen) atoms. The van der Waals surface area contributed by atoms with Crippen LogP contribution in [0.1, 0.15) is 25.3 Å². The Balaban J connectivity index is 2.07. The lowest BCUT2D eigenvalue weighted by Crippen LogP contribution is -2.19. The molecule has 0 unspecified atom stereocenters. The first-order chi connectivity index (χ1) is 7.68. The third-order valence-electron chi connectivity index (χ3n) is 2.39. The van der Waals surface area contributed by atoms with Crippen LogP contribution in [0.4, 0.5) is 0 Å². The predicted molar refractivity (Wildman–Crippen MR) is 67.9 cm³/mol. The van der Waals surface area contributed by atoms with E-state index in [0.717, 1.165) is 31.0 Å². The first-order valence-electron chi connectivity index (χ1n) is 5.63. The van der Waals surface area contributed by atoms with Crippen molar-refractivity contribution in [2.24, 2.45) is 0 Å². The quantitative estimate of drug-likeness (QED) is 0.742. The molecule has 0 spiro atoms. The first-order valence-corrected chi connectivity index (χ1v) is 6.01. The van der Waals surface area contributed by atoms with Gasteiger partial charge >= 0.3 is 0 Å². The van der Waals surface area contributed by atoms with Gasteiger partial charge < -0.3 is 10.1 Å². The second-order valence-corrected chi connectivity index (χ2v) is 4.37. The number of carbonyl (C=O) groups excluding carboxylic acids is 1. The first kappa shape index (κ1) is 13.2. The van der Waals surface area contributed by atoms with Gasteiger partial charge in [-0.25, -0.2) is 0 Å². The summed E-state index contributed by atoms with van der Waals surface area (Å²) in [5.74, 6) is 0.263. The van der Waals surface area contributed by atoms with Crippen molar-refractivity contribution >= 4 is 17.4 Å². The van der Waals surface area contributed by atoms with Crippen molar-refractivity contribution in [3.63, 3.8) is 0 Å². The smallest absolute Gasteiger partial charge is 0.129 e. The normalized spacial score (nSPS) is 10.4. The minimum Gasteiger partial charge on any atom is -0.316 e. The van der Waals surface area contributed by atoms with Gasteiger partial charge in [-0.3, -0.25) is 0 Å². The van der Waals surface area contributed by atoms with Crippen LogP contribution >= 0.6 is 11.6 Å². The second kappa shape index (κ2) is 7.42. The summed E-state index contributed by atoms with van der Waals surface area (Å²) in [6, 6.07) is 7.90. The lowest BCUT2D eigenvalue weighted by Gasteiger charge is -2.04. The van der Waals surface area contributed by atoms with Crippen molar-refractivity contribution in [1.82, 2.24) is 5.32 Å². The molecule has 3 heteroatoms. The van der Waals surface area contributed by atoms with Gasteiger partial charge in [-0.1, -0.05) is 23.7 Å². The SMILES string of the molecule is CC(=O)CCCNCCc1ccc(Cl)cc1. The summed E-state index contributed by atoms with van der Waals surface area (Å²) in [6.07, 6.45) is 2.60. The van der Waals surface area contributed by atoms with Crippen molar-refractivity contribution in [3.8, 4) is 0 Å². The van der Waals surface area contributed by atoms with E-state index < -0.39 is 0 Å². The monoisotopic (exact) mass is 239 g/mol. The van der Waals surface area contributed by atoms with Gasteiger partial charge in [0.2, 0.25) is 0 Å². The molecule has 0 aliphatic rings. The van der Waals surface area contributed by atoms with Crippen LogP contribution in [0.2, 0.25) is 5.02 Å². The zero-order valence-corrected chi connectivity index (χ0v) is 10.4. The van der Waals surface area contributed by atoms with E-state index in [9.17, 15) is 4.79 Å². The molecular formula is C13H18ClNO. The molecule has 0 atom stereocenters. The number of ketones is 1. The van der Waals surface area contributed by atoms with Crippen LogP contribution in [0, 0.1) is 0 Å². The fourth-order valence-corrected chi connectivity index (χ4v) is 1.60. The molecule has 0 amide bonds. The molecule has 1 aromatic rings. The Kier molecular flexibility index (Phi) is 6.12. The number of halogens is 1. The summed E-state index contributed by atoms with van der Waals surface area (Å²) >= 11 is 5.80. The highest BCUT2D eigenvalue weighted by atomic mass is 35.5. The Morgan fingerprint density at radius 2 is 1.94 bits per heavy atom. The summed E-state index contributed by atoms with van der Waals surface area (Å²) < 4.78 is 0. The lowest BCUT2D eigenvalue weighted by molar-refractivity contribution is -0.117. The van der Waals surface area contributed by atoms with E-state index in [1.807, 2.05) is 24.3 Å². The van der Waals surface area contributed by atoms with Crippen LogP contribution in [0.5, 0.6) is 0 Å². The third kappa shape index (κ3) is 5.89. The van der Waals surface area contributed by atoms with E-state index in [0.29, 0.717) is 6.42 Å². The Bertz CT molecular complexity index is 321. The average molecular weight is 240 g/mol. The summed E-state index contributed by atoms with van der Waals surface area (Å²) in [6.45, 7) is 3.49. The van der Waals surface area contributed by atoms with E-state index in [2.05, 4.69) is 5.32 Å². The van der Waals surface area contributed by atoms with Crippen molar-refractivity contribution in [1.29, 1.82) is 0 Å². The number of rotatable bonds is 7. The van der Waals surface area contributed by atoms with Crippen LogP contribution in [0.15, 0.2) is 24.3 Å². The predicted octanol–water partition coefficient (Wildman–Crippen LogP) is 2.84. The standard InChI is InChI=1S/C13H18ClNO/c1-11(16)3-2-9-15-10-8-12-4-6-13(14)7-5-12/h4-7,15H,2-3,8-10H2,1H3. The minimum absolute atomic E-state index is 0.263. The fraction of sp³-hybridized carbons (Fsp3) is 0.462. The van der Waals surface area contributed by atoms with Crippen LogP contribution in [-0.4, -0.2) is 18.9 Å². The number of carbonyl (C=O) groups is 1. The van der Waals surface area contributed by atoms with Gasteiger partial charge in [-0.05, 0) is 50.6 Å². The third-order valence-corrected chi connectivity index (χ3v) is 2.64. The number of Topliss-reactive ketones (excluding diaryl/α,β-unsaturated/α-hetero) is 1. The highest BCUT2D eigenvalue weighted by Gasteiger charge is 1.95. The molecule has 0 saturated heterocycles. The Morgan fingerprint density at radius 3 is 2.56 bits per heavy atom. The van der Waals surface area contributed by atoms with Gasteiger partial charge in [0.15, 0.2) is 0 Å². The number of hydrogen-bond donors (Lipinski definition) is 1. The Hall–Kier alpha value is -0.860. The molecule has 0 aliphatic carbocycles.